The van der Waals surface area contributed by atoms with Crippen LogP contribution in [0.2, 0.25) is 0 Å². The molecular formula is C14H19N6O7-. The number of nitrogens with one attached hydrogen (secondary N) is 1. The molecule has 1 N–H and O–H groups in total. The molecule has 13 nitrogen and oxygen atoms in total. The van der Waals surface area contributed by atoms with Gasteiger partial charge in [-0.05, 0) is 6.92 Å². The molecule has 1 aromatic rings. The largest absolute Gasteiger partial charge is 0.856 e. The first-order valence-electron chi connectivity index (χ1n) is 7.59. The summed E-state index contributed by atoms with van der Waals surface area (Å²) in [6.07, 6.45) is 0. The normalized spacial score (nSPS) is 11.4. The second kappa shape index (κ2) is 8.16. The lowest BCUT2D eigenvalue weighted by molar-refractivity contribution is -0.402. The Morgan fingerprint density at radius 1 is 1.04 bits per heavy atom. The van der Waals surface area contributed by atoms with Crippen LogP contribution in [0.5, 0.6) is 0 Å². The Kier molecular flexibility index (Phi) is 6.47. The Balaban J connectivity index is 4.31. The lowest BCUT2D eigenvalue weighted by Gasteiger charge is -2.25. The van der Waals surface area contributed by atoms with E-state index in [1.807, 2.05) is 0 Å². The van der Waals surface area contributed by atoms with Crippen molar-refractivity contribution in [1.82, 2.24) is 4.90 Å². The van der Waals surface area contributed by atoms with Crippen LogP contribution in [0.4, 0.5) is 22.7 Å². The highest BCUT2D eigenvalue weighted by atomic mass is 16.6. The predicted molar refractivity (Wildman–Crippen MR) is 95.8 cm³/mol. The van der Waals surface area contributed by atoms with E-state index in [1.54, 1.807) is 6.92 Å². The van der Waals surface area contributed by atoms with Crippen molar-refractivity contribution >= 4 is 28.4 Å². The number of hydrogen-bond donors (Lipinski definition) is 1. The molecule has 0 bridgehead atoms. The molecule has 0 amide bonds. The minimum atomic E-state index is -1.06. The molecule has 1 rings (SSSR count). The summed E-state index contributed by atoms with van der Waals surface area (Å²) < 4.78 is 0. The van der Waals surface area contributed by atoms with E-state index >= 15 is 0 Å². The van der Waals surface area contributed by atoms with Gasteiger partial charge in [0.1, 0.15) is 16.9 Å². The highest BCUT2D eigenvalue weighted by Gasteiger charge is 2.37. The fourth-order valence-corrected chi connectivity index (χ4v) is 2.45. The molecule has 0 saturated carbocycles. The van der Waals surface area contributed by atoms with E-state index in [9.17, 15) is 35.4 Å². The third-order valence-electron chi connectivity index (χ3n) is 3.48. The van der Waals surface area contributed by atoms with E-state index in [1.165, 1.54) is 33.1 Å². The Morgan fingerprint density at radius 3 is 1.89 bits per heavy atom. The van der Waals surface area contributed by atoms with Crippen molar-refractivity contribution in [3.05, 3.63) is 47.9 Å². The van der Waals surface area contributed by atoms with Gasteiger partial charge < -0.3 is 20.2 Å². The zero-order valence-corrected chi connectivity index (χ0v) is 15.4. The van der Waals surface area contributed by atoms with Crippen LogP contribution >= 0.6 is 0 Å². The molecule has 27 heavy (non-hydrogen) atoms. The van der Waals surface area contributed by atoms with Gasteiger partial charge in [0.25, 0.3) is 17.1 Å². The van der Waals surface area contributed by atoms with E-state index in [4.69, 9.17) is 0 Å². The Labute approximate surface area is 153 Å². The number of rotatable bonds is 8. The Hall–Kier alpha value is -3.64. The number of hydrogen-bond acceptors (Lipinski definition) is 10. The SMILES string of the molecule is CCNc1c([N+](=O)[O-])cc([N+](=O)[O-])c(N(C)C)c1/C(=C(\[O-])N(C)C)[N+](=O)[O-]. The summed E-state index contributed by atoms with van der Waals surface area (Å²) in [7, 11) is 5.29. The average Bonchev–Trinajstić information content (AvgIpc) is 2.54. The van der Waals surface area contributed by atoms with E-state index < -0.39 is 43.3 Å². The molecular weight excluding hydrogens is 364 g/mol. The highest BCUT2D eigenvalue weighted by molar-refractivity contribution is 5.93. The van der Waals surface area contributed by atoms with Crippen LogP contribution in [0.1, 0.15) is 12.5 Å². The van der Waals surface area contributed by atoms with E-state index in [-0.39, 0.29) is 17.9 Å². The second-order valence-electron chi connectivity index (χ2n) is 5.76. The number of nitro benzene ring substituents is 2. The molecule has 0 spiro atoms. The smallest absolute Gasteiger partial charge is 0.300 e. The summed E-state index contributed by atoms with van der Waals surface area (Å²) in [5.41, 5.74) is -3.61. The molecule has 0 aromatic heterocycles. The third-order valence-corrected chi connectivity index (χ3v) is 3.48. The van der Waals surface area contributed by atoms with Crippen molar-refractivity contribution in [2.75, 3.05) is 45.0 Å². The average molecular weight is 383 g/mol. The van der Waals surface area contributed by atoms with E-state index in [0.29, 0.717) is 6.07 Å². The van der Waals surface area contributed by atoms with Gasteiger partial charge in [-0.15, -0.1) is 0 Å². The van der Waals surface area contributed by atoms with Crippen LogP contribution in [0.15, 0.2) is 11.9 Å². The molecule has 1 aromatic carbocycles. The molecule has 0 aliphatic carbocycles. The Bertz CT molecular complexity index is 819. The molecule has 0 fully saturated rings. The number of benzene rings is 1. The molecule has 148 valence electrons. The number of anilines is 2. The lowest BCUT2D eigenvalue weighted by atomic mass is 10.0. The van der Waals surface area contributed by atoms with Gasteiger partial charge in [0.05, 0.1) is 20.8 Å². The fourth-order valence-electron chi connectivity index (χ4n) is 2.45. The van der Waals surface area contributed by atoms with Gasteiger partial charge in [-0.25, -0.2) is 0 Å². The van der Waals surface area contributed by atoms with Crippen molar-refractivity contribution in [1.29, 1.82) is 0 Å². The van der Waals surface area contributed by atoms with Gasteiger partial charge in [-0.3, -0.25) is 30.3 Å². The van der Waals surface area contributed by atoms with Gasteiger partial charge in [0.2, 0.25) is 0 Å². The lowest BCUT2D eigenvalue weighted by Crippen LogP contribution is -2.27. The zero-order chi connectivity index (χ0) is 21.0. The van der Waals surface area contributed by atoms with E-state index in [2.05, 4.69) is 5.32 Å². The van der Waals surface area contributed by atoms with Crippen molar-refractivity contribution in [3.63, 3.8) is 0 Å². The summed E-state index contributed by atoms with van der Waals surface area (Å²) in [6, 6.07) is 0.717. The second-order valence-corrected chi connectivity index (χ2v) is 5.76. The molecule has 0 saturated heterocycles. The van der Waals surface area contributed by atoms with Crippen molar-refractivity contribution in [2.24, 2.45) is 0 Å². The monoisotopic (exact) mass is 383 g/mol. The maximum absolute atomic E-state index is 12.4. The standard InChI is InChI=1S/C14H20N6O7/c1-6-15-11-8(18(22)23)7-9(19(24)25)12(16(2)3)10(11)13(20(26)27)14(21)17(4)5/h7,15,21H,6H2,1-5H3/p-1/b14-13+. The zero-order valence-electron chi connectivity index (χ0n) is 15.4. The minimum absolute atomic E-state index is 0.125. The first kappa shape index (κ1) is 21.4. The molecule has 0 atom stereocenters. The third kappa shape index (κ3) is 4.13. The highest BCUT2D eigenvalue weighted by Crippen LogP contribution is 2.46. The van der Waals surface area contributed by atoms with Gasteiger partial charge in [-0.2, -0.15) is 0 Å². The van der Waals surface area contributed by atoms with Crippen LogP contribution in [0.25, 0.3) is 5.70 Å². The van der Waals surface area contributed by atoms with Crippen LogP contribution < -0.4 is 15.3 Å². The van der Waals surface area contributed by atoms with Gasteiger partial charge >= 0.3 is 0 Å². The maximum Gasteiger partial charge on any atom is 0.300 e. The molecule has 0 heterocycles. The summed E-state index contributed by atoms with van der Waals surface area (Å²) in [4.78, 5) is 33.9. The summed E-state index contributed by atoms with van der Waals surface area (Å²) >= 11 is 0. The van der Waals surface area contributed by atoms with Crippen molar-refractivity contribution in [3.8, 4) is 0 Å². The minimum Gasteiger partial charge on any atom is -0.856 e. The summed E-state index contributed by atoms with van der Waals surface area (Å²) in [5.74, 6) is -1.06. The van der Waals surface area contributed by atoms with E-state index in [0.717, 1.165) is 4.90 Å². The fraction of sp³-hybridized carbons (Fsp3) is 0.429. The van der Waals surface area contributed by atoms with Crippen LogP contribution in [-0.2, 0) is 0 Å². The van der Waals surface area contributed by atoms with Crippen LogP contribution in [-0.4, -0.2) is 54.4 Å². The topological polar surface area (TPSA) is 171 Å². The molecule has 0 aliphatic rings. The first-order valence-corrected chi connectivity index (χ1v) is 7.59. The Morgan fingerprint density at radius 2 is 1.56 bits per heavy atom. The van der Waals surface area contributed by atoms with Crippen LogP contribution in [0.3, 0.4) is 0 Å². The maximum atomic E-state index is 12.4. The van der Waals surface area contributed by atoms with Crippen molar-refractivity contribution < 1.29 is 19.9 Å². The number of nitrogens with zero attached hydrogens (tertiary/aromatic N) is 5. The molecule has 0 unspecified atom stereocenters. The molecule has 0 aliphatic heterocycles. The summed E-state index contributed by atoms with van der Waals surface area (Å²) in [6.45, 7) is 1.71. The van der Waals surface area contributed by atoms with Gasteiger partial charge in [0.15, 0.2) is 0 Å². The first-order chi connectivity index (χ1) is 12.4. The molecule has 0 radical (unpaired) electrons. The molecule has 13 heteroatoms. The van der Waals surface area contributed by atoms with Crippen molar-refractivity contribution in [2.45, 2.75) is 6.92 Å². The quantitative estimate of drug-likeness (QED) is 0.385. The number of nitro groups is 3. The predicted octanol–water partition coefficient (Wildman–Crippen LogP) is 0.825. The summed E-state index contributed by atoms with van der Waals surface area (Å²) in [5, 5.41) is 49.7. The van der Waals surface area contributed by atoms with Gasteiger partial charge in [0, 0.05) is 40.6 Å². The van der Waals surface area contributed by atoms with Gasteiger partial charge in [-0.1, -0.05) is 0 Å². The van der Waals surface area contributed by atoms with Crippen LogP contribution in [0, 0.1) is 30.3 Å².